The van der Waals surface area contributed by atoms with Gasteiger partial charge in [0.25, 0.3) is 5.91 Å². The van der Waals surface area contributed by atoms with Crippen molar-refractivity contribution in [3.63, 3.8) is 0 Å². The lowest BCUT2D eigenvalue weighted by Gasteiger charge is -2.10. The molecule has 0 bridgehead atoms. The molecule has 0 unspecified atom stereocenters. The number of nitrogens with two attached hydrogens (primary N) is 1. The quantitative estimate of drug-likeness (QED) is 0.752. The van der Waals surface area contributed by atoms with Crippen molar-refractivity contribution in [2.75, 3.05) is 20.6 Å². The molecule has 0 atom stereocenters. The second-order valence-corrected chi connectivity index (χ2v) is 4.08. The van der Waals surface area contributed by atoms with Crippen LogP contribution in [-0.2, 0) is 11.3 Å². The molecule has 0 aliphatic rings. The SMILES string of the molecule is CN(C)Cc1ccc(C(=O)NCC(N)=O)cc1. The molecular weight excluding hydrogens is 218 g/mol. The summed E-state index contributed by atoms with van der Waals surface area (Å²) >= 11 is 0. The second kappa shape index (κ2) is 6.00. The van der Waals surface area contributed by atoms with Gasteiger partial charge in [0, 0.05) is 12.1 Å². The molecule has 2 amide bonds. The van der Waals surface area contributed by atoms with Crippen molar-refractivity contribution >= 4 is 11.8 Å². The zero-order valence-electron chi connectivity index (χ0n) is 10.1. The van der Waals surface area contributed by atoms with Crippen LogP contribution in [0.3, 0.4) is 0 Å². The summed E-state index contributed by atoms with van der Waals surface area (Å²) in [5, 5.41) is 2.43. The van der Waals surface area contributed by atoms with Crippen LogP contribution in [0.1, 0.15) is 15.9 Å². The largest absolute Gasteiger partial charge is 0.368 e. The molecule has 0 saturated carbocycles. The van der Waals surface area contributed by atoms with E-state index in [-0.39, 0.29) is 12.5 Å². The Bertz CT molecular complexity index is 399. The summed E-state index contributed by atoms with van der Waals surface area (Å²) < 4.78 is 0. The average Bonchev–Trinajstić information content (AvgIpc) is 2.26. The third kappa shape index (κ3) is 4.65. The number of nitrogens with zero attached hydrogens (tertiary/aromatic N) is 1. The molecule has 92 valence electrons. The highest BCUT2D eigenvalue weighted by Gasteiger charge is 2.06. The molecule has 0 fully saturated rings. The molecule has 17 heavy (non-hydrogen) atoms. The topological polar surface area (TPSA) is 75.4 Å². The summed E-state index contributed by atoms with van der Waals surface area (Å²) in [6, 6.07) is 7.24. The third-order valence-electron chi connectivity index (χ3n) is 2.14. The fourth-order valence-corrected chi connectivity index (χ4v) is 1.40. The Balaban J connectivity index is 2.60. The molecule has 0 aromatic heterocycles. The first kappa shape index (κ1) is 13.2. The van der Waals surface area contributed by atoms with Gasteiger partial charge in [-0.05, 0) is 31.8 Å². The van der Waals surface area contributed by atoms with Crippen LogP contribution in [0.25, 0.3) is 0 Å². The first-order chi connectivity index (χ1) is 7.99. The lowest BCUT2D eigenvalue weighted by Crippen LogP contribution is -2.33. The first-order valence-electron chi connectivity index (χ1n) is 5.29. The monoisotopic (exact) mass is 235 g/mol. The van der Waals surface area contributed by atoms with Crippen LogP contribution in [-0.4, -0.2) is 37.4 Å². The Morgan fingerprint density at radius 1 is 1.24 bits per heavy atom. The van der Waals surface area contributed by atoms with Crippen LogP contribution < -0.4 is 11.1 Å². The van der Waals surface area contributed by atoms with Crippen molar-refractivity contribution in [3.8, 4) is 0 Å². The fourth-order valence-electron chi connectivity index (χ4n) is 1.40. The highest BCUT2D eigenvalue weighted by atomic mass is 16.2. The van der Waals surface area contributed by atoms with Crippen molar-refractivity contribution in [2.24, 2.45) is 5.73 Å². The summed E-state index contributed by atoms with van der Waals surface area (Å²) in [7, 11) is 3.96. The summed E-state index contributed by atoms with van der Waals surface area (Å²) in [6.07, 6.45) is 0. The normalized spacial score (nSPS) is 10.3. The van der Waals surface area contributed by atoms with Crippen LogP contribution in [0, 0.1) is 0 Å². The average molecular weight is 235 g/mol. The van der Waals surface area contributed by atoms with Crippen LogP contribution in [0.15, 0.2) is 24.3 Å². The molecular formula is C12H17N3O2. The van der Waals surface area contributed by atoms with Crippen molar-refractivity contribution in [2.45, 2.75) is 6.54 Å². The van der Waals surface area contributed by atoms with Crippen molar-refractivity contribution in [1.29, 1.82) is 0 Å². The molecule has 0 aliphatic carbocycles. The zero-order valence-corrected chi connectivity index (χ0v) is 10.1. The van der Waals surface area contributed by atoms with E-state index in [2.05, 4.69) is 5.32 Å². The van der Waals surface area contributed by atoms with Gasteiger partial charge in [0.05, 0.1) is 6.54 Å². The highest BCUT2D eigenvalue weighted by Crippen LogP contribution is 2.05. The number of hydrogen-bond donors (Lipinski definition) is 2. The van der Waals surface area contributed by atoms with E-state index in [1.807, 2.05) is 31.1 Å². The van der Waals surface area contributed by atoms with Crippen molar-refractivity contribution in [3.05, 3.63) is 35.4 Å². The second-order valence-electron chi connectivity index (χ2n) is 4.08. The molecule has 1 rings (SSSR count). The number of benzene rings is 1. The Kier molecular flexibility index (Phi) is 4.66. The minimum atomic E-state index is -0.553. The van der Waals surface area contributed by atoms with Crippen molar-refractivity contribution < 1.29 is 9.59 Å². The maximum atomic E-state index is 11.6. The van der Waals surface area contributed by atoms with E-state index in [4.69, 9.17) is 5.73 Å². The summed E-state index contributed by atoms with van der Waals surface area (Å²) in [5.74, 6) is -0.845. The molecule has 3 N–H and O–H groups in total. The van der Waals surface area contributed by atoms with Gasteiger partial charge >= 0.3 is 0 Å². The molecule has 1 aromatic carbocycles. The van der Waals surface area contributed by atoms with E-state index in [0.717, 1.165) is 12.1 Å². The van der Waals surface area contributed by atoms with E-state index in [1.54, 1.807) is 12.1 Å². The number of nitrogens with one attached hydrogen (secondary N) is 1. The minimum Gasteiger partial charge on any atom is -0.368 e. The summed E-state index contributed by atoms with van der Waals surface area (Å²) in [5.41, 5.74) is 6.59. The van der Waals surface area contributed by atoms with Gasteiger partial charge in [-0.25, -0.2) is 0 Å². The number of primary amides is 1. The summed E-state index contributed by atoms with van der Waals surface area (Å²) in [4.78, 5) is 24.1. The number of carbonyl (C=O) groups is 2. The van der Waals surface area contributed by atoms with Gasteiger partial charge in [-0.1, -0.05) is 12.1 Å². The van der Waals surface area contributed by atoms with E-state index in [0.29, 0.717) is 5.56 Å². The van der Waals surface area contributed by atoms with Gasteiger partial charge in [-0.2, -0.15) is 0 Å². The standard InChI is InChI=1S/C12H17N3O2/c1-15(2)8-9-3-5-10(6-4-9)12(17)14-7-11(13)16/h3-6H,7-8H2,1-2H3,(H2,13,16)(H,14,17). The third-order valence-corrected chi connectivity index (χ3v) is 2.14. The van der Waals surface area contributed by atoms with Gasteiger partial charge < -0.3 is 16.0 Å². The van der Waals surface area contributed by atoms with Gasteiger partial charge in [-0.15, -0.1) is 0 Å². The van der Waals surface area contributed by atoms with E-state index >= 15 is 0 Å². The van der Waals surface area contributed by atoms with Crippen LogP contribution in [0.2, 0.25) is 0 Å². The Morgan fingerprint density at radius 3 is 2.29 bits per heavy atom. The number of carbonyl (C=O) groups excluding carboxylic acids is 2. The minimum absolute atomic E-state index is 0.141. The number of amides is 2. The number of rotatable bonds is 5. The van der Waals surface area contributed by atoms with Gasteiger partial charge in [0.2, 0.25) is 5.91 Å². The van der Waals surface area contributed by atoms with Gasteiger partial charge in [0.1, 0.15) is 0 Å². The molecule has 0 saturated heterocycles. The van der Waals surface area contributed by atoms with Crippen molar-refractivity contribution in [1.82, 2.24) is 10.2 Å². The maximum Gasteiger partial charge on any atom is 0.251 e. The molecule has 0 radical (unpaired) electrons. The Hall–Kier alpha value is -1.88. The lowest BCUT2D eigenvalue weighted by atomic mass is 10.1. The molecule has 0 aliphatic heterocycles. The summed E-state index contributed by atoms with van der Waals surface area (Å²) in [6.45, 7) is 0.682. The van der Waals surface area contributed by atoms with E-state index < -0.39 is 5.91 Å². The van der Waals surface area contributed by atoms with Gasteiger partial charge in [0.15, 0.2) is 0 Å². The predicted octanol–water partition coefficient (Wildman–Crippen LogP) is -0.0367. The molecule has 0 heterocycles. The molecule has 5 nitrogen and oxygen atoms in total. The molecule has 5 heteroatoms. The Labute approximate surface area is 101 Å². The Morgan fingerprint density at radius 2 is 1.82 bits per heavy atom. The lowest BCUT2D eigenvalue weighted by molar-refractivity contribution is -0.117. The number of hydrogen-bond acceptors (Lipinski definition) is 3. The zero-order chi connectivity index (χ0) is 12.8. The first-order valence-corrected chi connectivity index (χ1v) is 5.29. The van der Waals surface area contributed by atoms with E-state index in [9.17, 15) is 9.59 Å². The molecule has 1 aromatic rings. The smallest absolute Gasteiger partial charge is 0.251 e. The van der Waals surface area contributed by atoms with Gasteiger partial charge in [-0.3, -0.25) is 9.59 Å². The molecule has 0 spiro atoms. The predicted molar refractivity (Wildman–Crippen MR) is 65.4 cm³/mol. The van der Waals surface area contributed by atoms with Crippen LogP contribution >= 0.6 is 0 Å². The highest BCUT2D eigenvalue weighted by molar-refractivity contribution is 5.96. The van der Waals surface area contributed by atoms with E-state index in [1.165, 1.54) is 0 Å². The van der Waals surface area contributed by atoms with Crippen LogP contribution in [0.5, 0.6) is 0 Å². The fraction of sp³-hybridized carbons (Fsp3) is 0.333. The van der Waals surface area contributed by atoms with Crippen LogP contribution in [0.4, 0.5) is 0 Å². The maximum absolute atomic E-state index is 11.6.